The van der Waals surface area contributed by atoms with E-state index in [4.69, 9.17) is 4.43 Å². The van der Waals surface area contributed by atoms with Gasteiger partial charge in [0.1, 0.15) is 5.78 Å². The molecule has 0 bridgehead atoms. The van der Waals surface area contributed by atoms with Gasteiger partial charge in [-0.25, -0.2) is 0 Å². The molecule has 2 fully saturated rings. The van der Waals surface area contributed by atoms with Crippen LogP contribution in [0.2, 0.25) is 18.1 Å². The minimum atomic E-state index is -1.79. The molecular formula is C19H34O2Si. The van der Waals surface area contributed by atoms with Gasteiger partial charge in [0.25, 0.3) is 0 Å². The SMILES string of the molecule is C=CCC[C@@]12CC[C@H](O[Si](C)(C)C(C)(C)C)[C@]1(C)CC(=O)C2. The first-order valence-corrected chi connectivity index (χ1v) is 11.7. The van der Waals surface area contributed by atoms with E-state index >= 15 is 0 Å². The Kier molecular flexibility index (Phi) is 4.56. The summed E-state index contributed by atoms with van der Waals surface area (Å²) in [7, 11) is -1.79. The van der Waals surface area contributed by atoms with Gasteiger partial charge >= 0.3 is 0 Å². The van der Waals surface area contributed by atoms with E-state index in [0.29, 0.717) is 12.2 Å². The number of rotatable bonds is 5. The fourth-order valence-corrected chi connectivity index (χ4v) is 5.84. The van der Waals surface area contributed by atoms with Gasteiger partial charge in [0.15, 0.2) is 8.32 Å². The molecule has 3 atom stereocenters. The van der Waals surface area contributed by atoms with Gasteiger partial charge in [-0.1, -0.05) is 33.8 Å². The van der Waals surface area contributed by atoms with Gasteiger partial charge in [0.2, 0.25) is 0 Å². The predicted octanol–water partition coefficient (Wildman–Crippen LogP) is 5.49. The highest BCUT2D eigenvalue weighted by molar-refractivity contribution is 6.74. The summed E-state index contributed by atoms with van der Waals surface area (Å²) >= 11 is 0. The fourth-order valence-electron chi connectivity index (χ4n) is 4.39. The molecule has 126 valence electrons. The van der Waals surface area contributed by atoms with E-state index < -0.39 is 8.32 Å². The van der Waals surface area contributed by atoms with Crippen molar-refractivity contribution in [1.82, 2.24) is 0 Å². The van der Waals surface area contributed by atoms with Crippen molar-refractivity contribution in [2.45, 2.75) is 90.5 Å². The van der Waals surface area contributed by atoms with E-state index in [2.05, 4.69) is 47.4 Å². The average molecular weight is 323 g/mol. The van der Waals surface area contributed by atoms with Gasteiger partial charge in [-0.15, -0.1) is 6.58 Å². The average Bonchev–Trinajstić information content (AvgIpc) is 2.75. The minimum absolute atomic E-state index is 0.0304. The molecule has 0 unspecified atom stereocenters. The molecule has 0 aliphatic heterocycles. The number of fused-ring (bicyclic) bond motifs is 1. The number of Topliss-reactive ketones (excluding diaryl/α,β-unsaturated/α-hetero) is 1. The molecule has 0 aromatic rings. The van der Waals surface area contributed by atoms with Crippen LogP contribution in [0.4, 0.5) is 0 Å². The number of carbonyl (C=O) groups excluding carboxylic acids is 1. The maximum absolute atomic E-state index is 12.3. The summed E-state index contributed by atoms with van der Waals surface area (Å²) < 4.78 is 6.79. The largest absolute Gasteiger partial charge is 0.413 e. The summed E-state index contributed by atoms with van der Waals surface area (Å²) in [5.41, 5.74) is 0.188. The fraction of sp³-hybridized carbons (Fsp3) is 0.842. The second-order valence-corrected chi connectivity index (χ2v) is 14.1. The van der Waals surface area contributed by atoms with Crippen LogP contribution in [0.3, 0.4) is 0 Å². The number of ketones is 1. The van der Waals surface area contributed by atoms with Crippen LogP contribution in [0, 0.1) is 10.8 Å². The van der Waals surface area contributed by atoms with E-state index in [0.717, 1.165) is 32.1 Å². The molecule has 0 N–H and O–H groups in total. The van der Waals surface area contributed by atoms with Crippen LogP contribution >= 0.6 is 0 Å². The third-order valence-corrected chi connectivity index (χ3v) is 11.5. The van der Waals surface area contributed by atoms with Crippen LogP contribution in [0.1, 0.15) is 66.2 Å². The van der Waals surface area contributed by atoms with Crippen molar-refractivity contribution in [3.8, 4) is 0 Å². The zero-order valence-corrected chi connectivity index (χ0v) is 16.4. The summed E-state index contributed by atoms with van der Waals surface area (Å²) in [5, 5.41) is 0.221. The first-order chi connectivity index (χ1) is 9.97. The summed E-state index contributed by atoms with van der Waals surface area (Å²) in [5.74, 6) is 0.440. The maximum Gasteiger partial charge on any atom is 0.192 e. The molecule has 2 rings (SSSR count). The molecular weight excluding hydrogens is 288 g/mol. The van der Waals surface area contributed by atoms with E-state index in [1.54, 1.807) is 0 Å². The molecule has 2 aliphatic carbocycles. The van der Waals surface area contributed by atoms with E-state index in [-0.39, 0.29) is 22.0 Å². The lowest BCUT2D eigenvalue weighted by Crippen LogP contribution is -2.48. The Labute approximate surface area is 137 Å². The zero-order valence-electron chi connectivity index (χ0n) is 15.4. The van der Waals surface area contributed by atoms with Gasteiger partial charge in [-0.05, 0) is 49.2 Å². The standard InChI is InChI=1S/C19H34O2Si/c1-8-9-11-19-12-10-16(18(19,5)13-15(20)14-19)21-22(6,7)17(2,3)4/h8,16H,1,9-14H2,2-7H3/t16-,18-,19-/m0/s1. The highest BCUT2D eigenvalue weighted by Crippen LogP contribution is 2.65. The van der Waals surface area contributed by atoms with Crippen molar-refractivity contribution in [2.24, 2.45) is 10.8 Å². The molecule has 22 heavy (non-hydrogen) atoms. The molecule has 0 amide bonds. The van der Waals surface area contributed by atoms with Crippen LogP contribution < -0.4 is 0 Å². The third kappa shape index (κ3) is 2.75. The lowest BCUT2D eigenvalue weighted by Gasteiger charge is -2.45. The summed E-state index contributed by atoms with van der Waals surface area (Å²) in [6, 6.07) is 0. The Bertz CT molecular complexity index is 463. The topological polar surface area (TPSA) is 26.3 Å². The predicted molar refractivity (Wildman–Crippen MR) is 95.5 cm³/mol. The Morgan fingerprint density at radius 1 is 1.36 bits per heavy atom. The van der Waals surface area contributed by atoms with E-state index in [9.17, 15) is 4.79 Å². The smallest absolute Gasteiger partial charge is 0.192 e. The zero-order chi connectivity index (χ0) is 16.8. The molecule has 0 radical (unpaired) electrons. The van der Waals surface area contributed by atoms with Crippen molar-refractivity contribution < 1.29 is 9.22 Å². The second kappa shape index (κ2) is 5.59. The summed E-state index contributed by atoms with van der Waals surface area (Å²) in [4.78, 5) is 12.3. The van der Waals surface area contributed by atoms with Crippen LogP contribution in [-0.2, 0) is 9.22 Å². The molecule has 2 aliphatic rings. The lowest BCUT2D eigenvalue weighted by atomic mass is 9.66. The maximum atomic E-state index is 12.3. The van der Waals surface area contributed by atoms with Gasteiger partial charge in [-0.3, -0.25) is 4.79 Å². The molecule has 0 spiro atoms. The first kappa shape index (κ1) is 17.9. The molecule has 0 aromatic heterocycles. The lowest BCUT2D eigenvalue weighted by molar-refractivity contribution is -0.118. The van der Waals surface area contributed by atoms with Gasteiger partial charge in [-0.2, -0.15) is 0 Å². The normalized spacial score (nSPS) is 35.7. The number of hydrogen-bond acceptors (Lipinski definition) is 2. The first-order valence-electron chi connectivity index (χ1n) is 8.78. The van der Waals surface area contributed by atoms with Crippen molar-refractivity contribution in [3.05, 3.63) is 12.7 Å². The number of carbonyl (C=O) groups is 1. The summed E-state index contributed by atoms with van der Waals surface area (Å²) in [6.45, 7) is 17.7. The van der Waals surface area contributed by atoms with Crippen LogP contribution in [0.15, 0.2) is 12.7 Å². The Balaban J connectivity index is 2.26. The number of allylic oxidation sites excluding steroid dienone is 1. The van der Waals surface area contributed by atoms with Gasteiger partial charge in [0, 0.05) is 18.3 Å². The van der Waals surface area contributed by atoms with Crippen LogP contribution in [-0.4, -0.2) is 20.2 Å². The molecule has 2 saturated carbocycles. The highest BCUT2D eigenvalue weighted by Gasteiger charge is 2.63. The summed E-state index contributed by atoms with van der Waals surface area (Å²) in [6.07, 6.45) is 8.09. The Morgan fingerprint density at radius 2 is 2.00 bits per heavy atom. The molecule has 3 heteroatoms. The van der Waals surface area contributed by atoms with Crippen molar-refractivity contribution in [2.75, 3.05) is 0 Å². The van der Waals surface area contributed by atoms with Crippen molar-refractivity contribution >= 4 is 14.1 Å². The van der Waals surface area contributed by atoms with Crippen molar-refractivity contribution in [1.29, 1.82) is 0 Å². The highest BCUT2D eigenvalue weighted by atomic mass is 28.4. The molecule has 0 aromatic carbocycles. The van der Waals surface area contributed by atoms with Gasteiger partial charge < -0.3 is 4.43 Å². The van der Waals surface area contributed by atoms with Crippen molar-refractivity contribution in [3.63, 3.8) is 0 Å². The van der Waals surface area contributed by atoms with Crippen LogP contribution in [0.5, 0.6) is 0 Å². The monoisotopic (exact) mass is 322 g/mol. The van der Waals surface area contributed by atoms with E-state index in [1.165, 1.54) is 0 Å². The Hall–Kier alpha value is -0.413. The second-order valence-electron chi connectivity index (χ2n) is 9.32. The quantitative estimate of drug-likeness (QED) is 0.494. The van der Waals surface area contributed by atoms with E-state index in [1.807, 2.05) is 6.08 Å². The van der Waals surface area contributed by atoms with Crippen LogP contribution in [0.25, 0.3) is 0 Å². The Morgan fingerprint density at radius 3 is 2.55 bits per heavy atom. The number of hydrogen-bond donors (Lipinski definition) is 0. The molecule has 0 heterocycles. The molecule has 2 nitrogen and oxygen atoms in total. The van der Waals surface area contributed by atoms with Gasteiger partial charge in [0.05, 0.1) is 6.10 Å². The third-order valence-electron chi connectivity index (χ3n) is 6.98. The minimum Gasteiger partial charge on any atom is -0.413 e. The molecule has 0 saturated heterocycles.